The van der Waals surface area contributed by atoms with E-state index in [0.29, 0.717) is 0 Å². The molecule has 0 saturated carbocycles. The zero-order valence-electron chi connectivity index (χ0n) is 14.0. The van der Waals surface area contributed by atoms with Crippen molar-refractivity contribution in [3.8, 4) is 6.07 Å². The Morgan fingerprint density at radius 3 is 2.14 bits per heavy atom. The number of carbonyl (C=O) groups is 1. The minimum Gasteiger partial charge on any atom is -0.253 e. The summed E-state index contributed by atoms with van der Waals surface area (Å²) in [6.07, 6.45) is 10.4. The van der Waals surface area contributed by atoms with Gasteiger partial charge in [0.05, 0.1) is 6.07 Å². The lowest BCUT2D eigenvalue weighted by atomic mass is 10.0. The number of rotatable bonds is 9. The number of hydrogen-bond acceptors (Lipinski definition) is 3. The molecule has 0 heterocycles. The van der Waals surface area contributed by atoms with Gasteiger partial charge in [0, 0.05) is 4.53 Å². The van der Waals surface area contributed by atoms with Crippen LogP contribution in [0.25, 0.3) is 0 Å². The molecule has 122 valence electrons. The summed E-state index contributed by atoms with van der Waals surface area (Å²) in [6, 6.07) is 1.74. The maximum Gasteiger partial charge on any atom is 0.366 e. The first-order valence-corrected chi connectivity index (χ1v) is 7.57. The van der Waals surface area contributed by atoms with Crippen LogP contribution in [0.3, 0.4) is 0 Å². The molecule has 0 aliphatic carbocycles. The maximum absolute atomic E-state index is 11.8. The Morgan fingerprint density at radius 1 is 1.09 bits per heavy atom. The fraction of sp³-hybridized carbons (Fsp3) is 0.556. The number of allylic oxidation sites excluding steroid dienone is 6. The van der Waals surface area contributed by atoms with Crippen LogP contribution in [-0.4, -0.2) is 5.97 Å². The minimum absolute atomic E-state index is 0.189. The van der Waals surface area contributed by atoms with E-state index in [9.17, 15) is 9.32 Å². The number of hydrogen-bond donors (Lipinski definition) is 0. The summed E-state index contributed by atoms with van der Waals surface area (Å²) in [5, 5.41) is 8.75. The smallest absolute Gasteiger partial charge is 0.253 e. The molecule has 0 amide bonds. The van der Waals surface area contributed by atoms with Gasteiger partial charge in [-0.1, -0.05) is 34.9 Å². The van der Waals surface area contributed by atoms with E-state index in [2.05, 4.69) is 37.9 Å². The third kappa shape index (κ3) is 9.93. The van der Waals surface area contributed by atoms with Crippen molar-refractivity contribution in [1.29, 1.82) is 5.26 Å². The second kappa shape index (κ2) is 11.7. The highest BCUT2D eigenvalue weighted by atomic mass is 19.3. The third-order valence-corrected chi connectivity index (χ3v) is 3.34. The zero-order chi connectivity index (χ0) is 17.0. The molecular formula is C18H26FNO2. The van der Waals surface area contributed by atoms with E-state index in [-0.39, 0.29) is 6.42 Å². The van der Waals surface area contributed by atoms with Crippen molar-refractivity contribution in [1.82, 2.24) is 0 Å². The first-order chi connectivity index (χ1) is 10.4. The van der Waals surface area contributed by atoms with Gasteiger partial charge in [-0.25, -0.2) is 4.79 Å². The lowest BCUT2D eigenvalue weighted by molar-refractivity contribution is -0.186. The van der Waals surface area contributed by atoms with Gasteiger partial charge >= 0.3 is 5.97 Å². The molecule has 0 aliphatic heterocycles. The van der Waals surface area contributed by atoms with Crippen molar-refractivity contribution < 1.29 is 14.3 Å². The van der Waals surface area contributed by atoms with Gasteiger partial charge in [0.1, 0.15) is 0 Å². The van der Waals surface area contributed by atoms with E-state index in [1.165, 1.54) is 11.1 Å². The highest BCUT2D eigenvalue weighted by Gasteiger charge is 2.18. The molecule has 4 heteroatoms. The SMILES string of the molecule is CC(C)=CCC/C(C)=C/CC/C(C)=C/CC(C#N)C(=O)OF. The maximum atomic E-state index is 11.8. The molecule has 0 bridgehead atoms. The summed E-state index contributed by atoms with van der Waals surface area (Å²) in [5.74, 6) is -2.19. The topological polar surface area (TPSA) is 50.1 Å². The summed E-state index contributed by atoms with van der Waals surface area (Å²) in [4.78, 5) is 14.0. The van der Waals surface area contributed by atoms with Crippen LogP contribution in [0, 0.1) is 17.2 Å². The van der Waals surface area contributed by atoms with Crippen LogP contribution in [-0.2, 0) is 9.74 Å². The summed E-state index contributed by atoms with van der Waals surface area (Å²) in [5.41, 5.74) is 3.78. The Kier molecular flexibility index (Phi) is 10.7. The first kappa shape index (κ1) is 20.1. The molecule has 0 aromatic heterocycles. The Balaban J connectivity index is 4.19. The number of halogens is 1. The van der Waals surface area contributed by atoms with Crippen LogP contribution in [0.4, 0.5) is 4.53 Å². The Morgan fingerprint density at radius 2 is 1.64 bits per heavy atom. The van der Waals surface area contributed by atoms with Crippen LogP contribution in [0.5, 0.6) is 0 Å². The standard InChI is InChI=1S/C18H26FNO2/c1-14(2)7-5-8-15(3)9-6-10-16(4)11-12-17(13-20)18(21)22-19/h7,9,11,17H,5-6,8,10,12H2,1-4H3/b15-9+,16-11+. The molecule has 0 aromatic carbocycles. The molecule has 1 atom stereocenters. The van der Waals surface area contributed by atoms with Crippen LogP contribution in [0.2, 0.25) is 0 Å². The number of carbonyl (C=O) groups excluding carboxylic acids is 1. The second-order valence-corrected chi connectivity index (χ2v) is 5.77. The summed E-state index contributed by atoms with van der Waals surface area (Å²) >= 11 is 0. The van der Waals surface area contributed by atoms with E-state index >= 15 is 0 Å². The predicted octanol–water partition coefficient (Wildman–Crippen LogP) is 5.36. The average molecular weight is 307 g/mol. The number of nitriles is 1. The summed E-state index contributed by atoms with van der Waals surface area (Å²) in [6.45, 7) is 8.27. The molecule has 0 rings (SSSR count). The zero-order valence-corrected chi connectivity index (χ0v) is 14.0. The van der Waals surface area contributed by atoms with Gasteiger partial charge in [-0.15, -0.1) is 0 Å². The highest BCUT2D eigenvalue weighted by Crippen LogP contribution is 2.14. The summed E-state index contributed by atoms with van der Waals surface area (Å²) < 4.78 is 11.8. The Hall–Kier alpha value is -1.89. The lowest BCUT2D eigenvalue weighted by Crippen LogP contribution is -2.11. The molecule has 0 radical (unpaired) electrons. The predicted molar refractivity (Wildman–Crippen MR) is 86.3 cm³/mol. The number of nitrogens with zero attached hydrogens (tertiary/aromatic N) is 1. The molecule has 0 aromatic rings. The second-order valence-electron chi connectivity index (χ2n) is 5.77. The van der Waals surface area contributed by atoms with Gasteiger partial charge in [-0.3, -0.25) is 4.94 Å². The van der Waals surface area contributed by atoms with E-state index in [1.807, 2.05) is 6.92 Å². The normalized spacial score (nSPS) is 13.3. The molecular weight excluding hydrogens is 281 g/mol. The molecule has 3 nitrogen and oxygen atoms in total. The average Bonchev–Trinajstić information content (AvgIpc) is 2.47. The fourth-order valence-electron chi connectivity index (χ4n) is 1.91. The minimum atomic E-state index is -1.12. The fourth-order valence-corrected chi connectivity index (χ4v) is 1.91. The van der Waals surface area contributed by atoms with E-state index < -0.39 is 11.9 Å². The molecule has 0 fully saturated rings. The molecule has 1 unspecified atom stereocenters. The van der Waals surface area contributed by atoms with Crippen molar-refractivity contribution in [2.24, 2.45) is 5.92 Å². The lowest BCUT2D eigenvalue weighted by Gasteiger charge is -2.03. The Bertz CT molecular complexity index is 480. The van der Waals surface area contributed by atoms with Crippen molar-refractivity contribution >= 4 is 5.97 Å². The molecule has 22 heavy (non-hydrogen) atoms. The summed E-state index contributed by atoms with van der Waals surface area (Å²) in [7, 11) is 0. The van der Waals surface area contributed by atoms with E-state index in [4.69, 9.17) is 5.26 Å². The van der Waals surface area contributed by atoms with Crippen molar-refractivity contribution in [3.05, 3.63) is 34.9 Å². The van der Waals surface area contributed by atoms with Crippen LogP contribution in [0.15, 0.2) is 34.9 Å². The van der Waals surface area contributed by atoms with Crippen molar-refractivity contribution in [3.63, 3.8) is 0 Å². The molecule has 0 spiro atoms. The molecule has 0 saturated heterocycles. The van der Waals surface area contributed by atoms with Crippen LogP contribution in [0.1, 0.15) is 59.8 Å². The molecule has 0 aliphatic rings. The van der Waals surface area contributed by atoms with Gasteiger partial charge in [0.2, 0.25) is 0 Å². The Labute approximate surface area is 133 Å². The van der Waals surface area contributed by atoms with Crippen molar-refractivity contribution in [2.45, 2.75) is 59.8 Å². The first-order valence-electron chi connectivity index (χ1n) is 7.57. The third-order valence-electron chi connectivity index (χ3n) is 3.34. The van der Waals surface area contributed by atoms with Crippen molar-refractivity contribution in [2.75, 3.05) is 0 Å². The van der Waals surface area contributed by atoms with Gasteiger partial charge in [0.15, 0.2) is 5.92 Å². The van der Waals surface area contributed by atoms with Gasteiger partial charge < -0.3 is 0 Å². The highest BCUT2D eigenvalue weighted by molar-refractivity contribution is 5.74. The largest absolute Gasteiger partial charge is 0.366 e. The van der Waals surface area contributed by atoms with E-state index in [1.54, 1.807) is 12.1 Å². The van der Waals surface area contributed by atoms with Gasteiger partial charge in [-0.05, 0) is 59.8 Å². The molecule has 0 N–H and O–H groups in total. The monoisotopic (exact) mass is 307 g/mol. The van der Waals surface area contributed by atoms with Gasteiger partial charge in [-0.2, -0.15) is 5.26 Å². The van der Waals surface area contributed by atoms with E-state index in [0.717, 1.165) is 31.3 Å². The van der Waals surface area contributed by atoms with Crippen LogP contribution < -0.4 is 0 Å². The quantitative estimate of drug-likeness (QED) is 0.538. The van der Waals surface area contributed by atoms with Crippen LogP contribution >= 0.6 is 0 Å². The van der Waals surface area contributed by atoms with Gasteiger partial charge in [0.25, 0.3) is 0 Å².